The van der Waals surface area contributed by atoms with Crippen LogP contribution in [0.3, 0.4) is 0 Å². The van der Waals surface area contributed by atoms with Crippen LogP contribution in [0, 0.1) is 6.92 Å². The van der Waals surface area contributed by atoms with Crippen LogP contribution < -0.4 is 0 Å². The molecule has 0 radical (unpaired) electrons. The molecular formula is C15H14N2O2S2. The first-order valence-corrected chi connectivity index (χ1v) is 8.89. The van der Waals surface area contributed by atoms with Crippen LogP contribution in [0.1, 0.15) is 17.0 Å². The largest absolute Gasteiger partial charge is 0.334 e. The van der Waals surface area contributed by atoms with Crippen molar-refractivity contribution in [1.82, 2.24) is 10.1 Å². The molecule has 108 valence electrons. The maximum Gasteiger partial charge on any atom is 0.258 e. The zero-order chi connectivity index (χ0) is 14.7. The molecule has 0 saturated carbocycles. The minimum absolute atomic E-state index is 0.307. The van der Waals surface area contributed by atoms with Gasteiger partial charge in [0.2, 0.25) is 0 Å². The van der Waals surface area contributed by atoms with E-state index in [0.717, 1.165) is 11.1 Å². The highest BCUT2D eigenvalue weighted by Crippen LogP contribution is 2.20. The summed E-state index contributed by atoms with van der Waals surface area (Å²) in [6, 6.07) is 9.96. The lowest BCUT2D eigenvalue weighted by Crippen LogP contribution is -2.01. The summed E-state index contributed by atoms with van der Waals surface area (Å²) in [4.78, 5) is 4.29. The number of nitrogens with zero attached hydrogens (tertiary/aromatic N) is 2. The molecule has 21 heavy (non-hydrogen) atoms. The highest BCUT2D eigenvalue weighted by molar-refractivity contribution is 7.83. The van der Waals surface area contributed by atoms with Crippen LogP contribution >= 0.6 is 11.3 Å². The number of aryl methyl sites for hydroxylation is 1. The number of thiophene rings is 1. The van der Waals surface area contributed by atoms with Gasteiger partial charge in [0.15, 0.2) is 5.82 Å². The standard InChI is InChI=1S/C15H14N2O2S2/c1-11-3-2-4-12(7-11)9-21(18)10-14-16-15(19-17-14)13-5-6-20-8-13/h2-8H,9-10H2,1H3. The molecule has 1 unspecified atom stereocenters. The fourth-order valence-electron chi connectivity index (χ4n) is 2.00. The molecular weight excluding hydrogens is 304 g/mol. The molecule has 0 amide bonds. The third kappa shape index (κ3) is 3.65. The van der Waals surface area contributed by atoms with Crippen LogP contribution in [0.15, 0.2) is 45.6 Å². The highest BCUT2D eigenvalue weighted by atomic mass is 32.2. The molecule has 6 heteroatoms. The van der Waals surface area contributed by atoms with Gasteiger partial charge in [0.05, 0.1) is 11.3 Å². The van der Waals surface area contributed by atoms with Crippen molar-refractivity contribution in [3.63, 3.8) is 0 Å². The molecule has 1 aromatic carbocycles. The molecule has 0 bridgehead atoms. The Morgan fingerprint density at radius 3 is 2.95 bits per heavy atom. The number of aromatic nitrogens is 2. The molecule has 0 fully saturated rings. The molecule has 0 saturated heterocycles. The molecule has 4 nitrogen and oxygen atoms in total. The second-order valence-electron chi connectivity index (χ2n) is 4.75. The summed E-state index contributed by atoms with van der Waals surface area (Å²) in [7, 11) is -1.05. The minimum Gasteiger partial charge on any atom is -0.334 e. The van der Waals surface area contributed by atoms with E-state index >= 15 is 0 Å². The Hall–Kier alpha value is -1.79. The monoisotopic (exact) mass is 318 g/mol. The molecule has 3 aromatic rings. The van der Waals surface area contributed by atoms with Gasteiger partial charge in [-0.15, -0.1) is 0 Å². The normalized spacial score (nSPS) is 12.4. The zero-order valence-corrected chi connectivity index (χ0v) is 13.1. The number of benzene rings is 1. The van der Waals surface area contributed by atoms with E-state index in [0.29, 0.717) is 23.2 Å². The number of hydrogen-bond acceptors (Lipinski definition) is 5. The predicted molar refractivity (Wildman–Crippen MR) is 84.3 cm³/mol. The summed E-state index contributed by atoms with van der Waals surface area (Å²) in [6.07, 6.45) is 0. The molecule has 2 aromatic heterocycles. The SMILES string of the molecule is Cc1cccc(CS(=O)Cc2noc(-c3ccsc3)n2)c1. The Balaban J connectivity index is 1.65. The first-order valence-electron chi connectivity index (χ1n) is 6.46. The van der Waals surface area contributed by atoms with Crippen molar-refractivity contribution in [1.29, 1.82) is 0 Å². The van der Waals surface area contributed by atoms with Gasteiger partial charge < -0.3 is 4.52 Å². The molecule has 1 atom stereocenters. The predicted octanol–water partition coefficient (Wildman–Crippen LogP) is 3.56. The molecule has 2 heterocycles. The highest BCUT2D eigenvalue weighted by Gasteiger charge is 2.12. The smallest absolute Gasteiger partial charge is 0.258 e. The first-order chi connectivity index (χ1) is 10.2. The van der Waals surface area contributed by atoms with E-state index in [1.54, 1.807) is 11.3 Å². The van der Waals surface area contributed by atoms with Gasteiger partial charge in [0, 0.05) is 21.9 Å². The van der Waals surface area contributed by atoms with E-state index in [1.807, 2.05) is 48.0 Å². The van der Waals surface area contributed by atoms with Crippen LogP contribution in [0.2, 0.25) is 0 Å². The Kier molecular flexibility index (Phi) is 4.26. The molecule has 3 rings (SSSR count). The molecule has 0 spiro atoms. The molecule has 0 N–H and O–H groups in total. The zero-order valence-electron chi connectivity index (χ0n) is 11.5. The summed E-state index contributed by atoms with van der Waals surface area (Å²) in [5.74, 6) is 1.78. The summed E-state index contributed by atoms with van der Waals surface area (Å²) >= 11 is 1.57. The van der Waals surface area contributed by atoms with Crippen molar-refractivity contribution in [3.05, 3.63) is 58.0 Å². The summed E-state index contributed by atoms with van der Waals surface area (Å²) in [6.45, 7) is 2.03. The van der Waals surface area contributed by atoms with Gasteiger partial charge in [-0.1, -0.05) is 35.0 Å². The number of hydrogen-bond donors (Lipinski definition) is 0. The van der Waals surface area contributed by atoms with Gasteiger partial charge in [0.1, 0.15) is 0 Å². The van der Waals surface area contributed by atoms with E-state index in [2.05, 4.69) is 10.1 Å². The van der Waals surface area contributed by atoms with Crippen molar-refractivity contribution >= 4 is 22.1 Å². The van der Waals surface area contributed by atoms with Crippen LogP contribution in [-0.4, -0.2) is 14.3 Å². The first kappa shape index (κ1) is 14.2. The second kappa shape index (κ2) is 6.32. The van der Waals surface area contributed by atoms with Crippen molar-refractivity contribution < 1.29 is 8.73 Å². The third-order valence-electron chi connectivity index (χ3n) is 2.94. The molecule has 0 aliphatic rings. The van der Waals surface area contributed by atoms with Gasteiger partial charge in [-0.3, -0.25) is 4.21 Å². The third-order valence-corrected chi connectivity index (χ3v) is 4.86. The van der Waals surface area contributed by atoms with Gasteiger partial charge in [-0.2, -0.15) is 16.3 Å². The fraction of sp³-hybridized carbons (Fsp3) is 0.200. The average molecular weight is 318 g/mol. The van der Waals surface area contributed by atoms with Crippen LogP contribution in [0.25, 0.3) is 11.5 Å². The lowest BCUT2D eigenvalue weighted by molar-refractivity contribution is 0.425. The van der Waals surface area contributed by atoms with E-state index in [9.17, 15) is 4.21 Å². The van der Waals surface area contributed by atoms with Gasteiger partial charge >= 0.3 is 0 Å². The van der Waals surface area contributed by atoms with Gasteiger partial charge in [-0.25, -0.2) is 0 Å². The topological polar surface area (TPSA) is 56.0 Å². The van der Waals surface area contributed by atoms with E-state index in [4.69, 9.17) is 4.52 Å². The second-order valence-corrected chi connectivity index (χ2v) is 6.98. The Morgan fingerprint density at radius 1 is 1.29 bits per heavy atom. The van der Waals surface area contributed by atoms with E-state index < -0.39 is 10.8 Å². The molecule has 0 aliphatic heterocycles. The van der Waals surface area contributed by atoms with Crippen LogP contribution in [-0.2, 0) is 22.3 Å². The Morgan fingerprint density at radius 2 is 2.19 bits per heavy atom. The van der Waals surface area contributed by atoms with Gasteiger partial charge in [-0.05, 0) is 23.9 Å². The fourth-order valence-corrected chi connectivity index (χ4v) is 3.69. The van der Waals surface area contributed by atoms with Crippen LogP contribution in [0.4, 0.5) is 0 Å². The summed E-state index contributed by atoms with van der Waals surface area (Å²) in [5.41, 5.74) is 3.14. The minimum atomic E-state index is -1.05. The maximum absolute atomic E-state index is 12.2. The van der Waals surface area contributed by atoms with Crippen molar-refractivity contribution in [2.45, 2.75) is 18.4 Å². The van der Waals surface area contributed by atoms with E-state index in [1.165, 1.54) is 5.56 Å². The summed E-state index contributed by atoms with van der Waals surface area (Å²) < 4.78 is 17.4. The summed E-state index contributed by atoms with van der Waals surface area (Å²) in [5, 5.41) is 7.80. The van der Waals surface area contributed by atoms with Crippen molar-refractivity contribution in [2.24, 2.45) is 0 Å². The van der Waals surface area contributed by atoms with Crippen molar-refractivity contribution in [3.8, 4) is 11.5 Å². The van der Waals surface area contributed by atoms with Crippen LogP contribution in [0.5, 0.6) is 0 Å². The Bertz CT molecular complexity index is 751. The lowest BCUT2D eigenvalue weighted by Gasteiger charge is -2.01. The lowest BCUT2D eigenvalue weighted by atomic mass is 10.2. The average Bonchev–Trinajstić information content (AvgIpc) is 3.08. The maximum atomic E-state index is 12.2. The number of rotatable bonds is 5. The molecule has 0 aliphatic carbocycles. The van der Waals surface area contributed by atoms with Crippen molar-refractivity contribution in [2.75, 3.05) is 0 Å². The van der Waals surface area contributed by atoms with Gasteiger partial charge in [0.25, 0.3) is 5.89 Å². The quantitative estimate of drug-likeness (QED) is 0.722. The Labute approximate surface area is 129 Å². The van der Waals surface area contributed by atoms with E-state index in [-0.39, 0.29) is 0 Å².